The van der Waals surface area contributed by atoms with E-state index >= 15 is 0 Å². The van der Waals surface area contributed by atoms with Crippen LogP contribution in [0.3, 0.4) is 0 Å². The predicted molar refractivity (Wildman–Crippen MR) is 94.3 cm³/mol. The fourth-order valence-corrected chi connectivity index (χ4v) is 2.74. The number of hydrogen-bond acceptors (Lipinski definition) is 4. The van der Waals surface area contributed by atoms with Crippen LogP contribution in [0.1, 0.15) is 18.1 Å². The second kappa shape index (κ2) is 8.11. The Morgan fingerprint density at radius 1 is 1.03 bits per heavy atom. The van der Waals surface area contributed by atoms with Gasteiger partial charge in [-0.2, -0.15) is 34.8 Å². The molecule has 158 valence electrons. The summed E-state index contributed by atoms with van der Waals surface area (Å²) in [5, 5.41) is 3.68. The van der Waals surface area contributed by atoms with Gasteiger partial charge in [-0.25, -0.2) is 0 Å². The Bertz CT molecular complexity index is 1020. The quantitative estimate of drug-likeness (QED) is 0.368. The minimum atomic E-state index is -5.70. The second-order valence-electron chi connectivity index (χ2n) is 5.53. The van der Waals surface area contributed by atoms with Crippen molar-refractivity contribution in [2.45, 2.75) is 18.6 Å². The summed E-state index contributed by atoms with van der Waals surface area (Å²) in [6.45, 7) is 1.28. The van der Waals surface area contributed by atoms with Crippen LogP contribution in [0.4, 0.5) is 32.0 Å². The Morgan fingerprint density at radius 2 is 1.62 bits per heavy atom. The summed E-state index contributed by atoms with van der Waals surface area (Å²) < 4.78 is 99.5. The van der Waals surface area contributed by atoms with Crippen molar-refractivity contribution in [2.75, 3.05) is 4.72 Å². The number of nitrogens with one attached hydrogen (secondary N) is 1. The summed E-state index contributed by atoms with van der Waals surface area (Å²) in [6, 6.07) is 6.78. The van der Waals surface area contributed by atoms with E-state index in [1.807, 2.05) is 0 Å². The summed E-state index contributed by atoms with van der Waals surface area (Å²) in [5.41, 5.74) is -7.15. The number of oxime groups is 1. The van der Waals surface area contributed by atoms with Gasteiger partial charge in [-0.3, -0.25) is 4.72 Å². The zero-order valence-electron chi connectivity index (χ0n) is 14.3. The van der Waals surface area contributed by atoms with Gasteiger partial charge in [0.25, 0.3) is 0 Å². The van der Waals surface area contributed by atoms with Crippen molar-refractivity contribution in [3.05, 3.63) is 58.6 Å². The molecule has 2 aromatic rings. The molecule has 0 aliphatic rings. The van der Waals surface area contributed by atoms with Crippen molar-refractivity contribution in [1.82, 2.24) is 0 Å². The van der Waals surface area contributed by atoms with Gasteiger partial charge in [0.2, 0.25) is 0 Å². The first-order valence-electron chi connectivity index (χ1n) is 7.48. The van der Waals surface area contributed by atoms with E-state index in [1.54, 1.807) is 0 Å². The first-order chi connectivity index (χ1) is 13.2. The highest BCUT2D eigenvalue weighted by molar-refractivity contribution is 7.93. The van der Waals surface area contributed by atoms with Crippen LogP contribution in [0.2, 0.25) is 5.02 Å². The molecule has 5 nitrogen and oxygen atoms in total. The lowest BCUT2D eigenvalue weighted by atomic mass is 10.1. The zero-order valence-corrected chi connectivity index (χ0v) is 15.8. The van der Waals surface area contributed by atoms with Crippen LogP contribution >= 0.6 is 11.6 Å². The van der Waals surface area contributed by atoms with Gasteiger partial charge in [0.1, 0.15) is 0 Å². The largest absolute Gasteiger partial charge is 0.516 e. The fourth-order valence-electron chi connectivity index (χ4n) is 1.98. The lowest BCUT2D eigenvalue weighted by Crippen LogP contribution is -2.30. The Kier molecular flexibility index (Phi) is 6.38. The summed E-state index contributed by atoms with van der Waals surface area (Å²) in [5.74, 6) is -0.0863. The number of sulfonamides is 1. The van der Waals surface area contributed by atoms with Gasteiger partial charge < -0.3 is 4.84 Å². The monoisotopic (exact) mass is 460 g/mol. The third kappa shape index (κ3) is 5.76. The number of benzene rings is 2. The molecular weight excluding hydrogens is 450 g/mol. The predicted octanol–water partition coefficient (Wildman–Crippen LogP) is 5.42. The summed E-state index contributed by atoms with van der Waals surface area (Å²) >= 11 is 5.80. The van der Waals surface area contributed by atoms with Crippen molar-refractivity contribution in [2.24, 2.45) is 5.16 Å². The number of alkyl halides is 6. The maximum Gasteiger partial charge on any atom is 0.516 e. The third-order valence-electron chi connectivity index (χ3n) is 3.39. The average molecular weight is 461 g/mol. The Hall–Kier alpha value is -2.47. The molecule has 13 heteroatoms. The molecule has 29 heavy (non-hydrogen) atoms. The van der Waals surface area contributed by atoms with Crippen LogP contribution in [0.15, 0.2) is 47.6 Å². The Labute approximate surface area is 166 Å². The van der Waals surface area contributed by atoms with Crippen molar-refractivity contribution in [3.63, 3.8) is 0 Å². The fraction of sp³-hybridized carbons (Fsp3) is 0.188. The summed E-state index contributed by atoms with van der Waals surface area (Å²) in [7, 11) is -5.70. The molecule has 0 aromatic heterocycles. The van der Waals surface area contributed by atoms with E-state index in [1.165, 1.54) is 11.6 Å². The Morgan fingerprint density at radius 3 is 2.14 bits per heavy atom. The maximum absolute atomic E-state index is 12.6. The minimum absolute atomic E-state index is 0.0686. The second-order valence-corrected chi connectivity index (χ2v) is 7.64. The topological polar surface area (TPSA) is 67.8 Å². The molecule has 1 N–H and O–H groups in total. The van der Waals surface area contributed by atoms with E-state index in [-0.39, 0.29) is 22.0 Å². The standard InChI is InChI=1S/C16H11ClF6N2O3S/c1-9(24-28-12-5-2-10(3-6-12)15(18,19)20)13-8-11(17)4-7-14(13)25-29(26,27)16(21,22)23/h2-8,25H,1H3/b24-9+. The molecule has 0 fully saturated rings. The number of rotatable bonds is 5. The normalized spacial score (nSPS) is 13.3. The molecule has 0 aliphatic carbocycles. The maximum atomic E-state index is 12.6. The van der Waals surface area contributed by atoms with Crippen LogP contribution < -0.4 is 9.56 Å². The SMILES string of the molecule is C/C(=N\Oc1ccc(C(F)(F)F)cc1)c1cc(Cl)ccc1NS(=O)(=O)C(F)(F)F. The number of anilines is 1. The van der Waals surface area contributed by atoms with Gasteiger partial charge in [0.05, 0.1) is 17.0 Å². The molecule has 0 unspecified atom stereocenters. The molecule has 0 heterocycles. The minimum Gasteiger partial charge on any atom is -0.357 e. The highest BCUT2D eigenvalue weighted by Gasteiger charge is 2.46. The molecule has 0 bridgehead atoms. The van der Waals surface area contributed by atoms with Gasteiger partial charge >= 0.3 is 21.7 Å². The number of halogens is 7. The lowest BCUT2D eigenvalue weighted by molar-refractivity contribution is -0.137. The number of nitrogens with zero attached hydrogens (tertiary/aromatic N) is 1. The average Bonchev–Trinajstić information content (AvgIpc) is 2.59. The third-order valence-corrected chi connectivity index (χ3v) is 4.72. The van der Waals surface area contributed by atoms with E-state index in [2.05, 4.69) is 5.16 Å². The highest BCUT2D eigenvalue weighted by atomic mass is 35.5. The van der Waals surface area contributed by atoms with Crippen LogP contribution in [0.25, 0.3) is 0 Å². The zero-order chi connectivity index (χ0) is 22.0. The molecule has 0 aliphatic heterocycles. The van der Waals surface area contributed by atoms with E-state index in [4.69, 9.17) is 16.4 Å². The van der Waals surface area contributed by atoms with Crippen LogP contribution in [-0.4, -0.2) is 19.6 Å². The van der Waals surface area contributed by atoms with Gasteiger partial charge in [0, 0.05) is 10.6 Å². The first-order valence-corrected chi connectivity index (χ1v) is 9.35. The van der Waals surface area contributed by atoms with Gasteiger partial charge in [-0.15, -0.1) is 0 Å². The molecule has 0 saturated heterocycles. The van der Waals surface area contributed by atoms with Crippen molar-refractivity contribution in [1.29, 1.82) is 0 Å². The summed E-state index contributed by atoms with van der Waals surface area (Å²) in [4.78, 5) is 4.96. The molecule has 2 rings (SSSR count). The van der Waals surface area contributed by atoms with Crippen molar-refractivity contribution < 1.29 is 39.6 Å². The van der Waals surface area contributed by atoms with Crippen LogP contribution in [0.5, 0.6) is 5.75 Å². The lowest BCUT2D eigenvalue weighted by Gasteiger charge is -2.14. The molecule has 0 spiro atoms. The Balaban J connectivity index is 2.30. The van der Waals surface area contributed by atoms with E-state index < -0.39 is 33.0 Å². The van der Waals surface area contributed by atoms with E-state index in [9.17, 15) is 34.8 Å². The van der Waals surface area contributed by atoms with Gasteiger partial charge in [-0.05, 0) is 49.4 Å². The molecular formula is C16H11ClF6N2O3S. The summed E-state index contributed by atoms with van der Waals surface area (Å²) in [6.07, 6.45) is -4.54. The molecule has 2 aromatic carbocycles. The molecule has 0 radical (unpaired) electrons. The van der Waals surface area contributed by atoms with Gasteiger partial charge in [-0.1, -0.05) is 16.8 Å². The van der Waals surface area contributed by atoms with E-state index in [0.717, 1.165) is 42.5 Å². The molecule has 0 atom stereocenters. The number of hydrogen-bond donors (Lipinski definition) is 1. The van der Waals surface area contributed by atoms with Crippen LogP contribution in [0, 0.1) is 0 Å². The first kappa shape index (κ1) is 22.8. The van der Waals surface area contributed by atoms with Gasteiger partial charge in [0.15, 0.2) is 5.75 Å². The highest BCUT2D eigenvalue weighted by Crippen LogP contribution is 2.31. The smallest absolute Gasteiger partial charge is 0.357 e. The molecule has 0 amide bonds. The van der Waals surface area contributed by atoms with Crippen molar-refractivity contribution in [3.8, 4) is 5.75 Å². The van der Waals surface area contributed by atoms with E-state index in [0.29, 0.717) is 0 Å². The van der Waals surface area contributed by atoms with Crippen LogP contribution in [-0.2, 0) is 16.2 Å². The van der Waals surface area contributed by atoms with Crippen molar-refractivity contribution >= 4 is 33.0 Å². The molecule has 0 saturated carbocycles.